The summed E-state index contributed by atoms with van der Waals surface area (Å²) >= 11 is 0. The number of fused-ring (bicyclic) bond motifs is 1. The van der Waals surface area contributed by atoms with Gasteiger partial charge in [0.2, 0.25) is 5.96 Å². The number of hydrogen-bond donors (Lipinski definition) is 1. The van der Waals surface area contributed by atoms with Crippen LogP contribution in [-0.4, -0.2) is 71.7 Å². The van der Waals surface area contributed by atoms with Crippen LogP contribution in [0.1, 0.15) is 24.0 Å². The van der Waals surface area contributed by atoms with Gasteiger partial charge in [0.1, 0.15) is 0 Å². The number of carbonyl (C=O) groups excluding carboxylic acids is 1. The van der Waals surface area contributed by atoms with Crippen LogP contribution in [0, 0.1) is 11.3 Å². The number of rotatable bonds is 2. The lowest BCUT2D eigenvalue weighted by atomic mass is 10.1. The molecule has 0 aliphatic carbocycles. The summed E-state index contributed by atoms with van der Waals surface area (Å²) in [5, 5.41) is 9.41. The number of guanidine groups is 1. The third kappa shape index (κ3) is 3.48. The minimum atomic E-state index is -0.290. The zero-order valence-corrected chi connectivity index (χ0v) is 15.3. The van der Waals surface area contributed by atoms with Crippen LogP contribution in [0.15, 0.2) is 29.3 Å². The van der Waals surface area contributed by atoms with E-state index in [0.29, 0.717) is 44.4 Å². The Balaban J connectivity index is 1.68. The number of piperidine rings is 1. The summed E-state index contributed by atoms with van der Waals surface area (Å²) in [6.45, 7) is 3.27. The van der Waals surface area contributed by atoms with E-state index in [-0.39, 0.29) is 18.2 Å². The van der Waals surface area contributed by atoms with Crippen molar-refractivity contribution < 1.29 is 9.53 Å². The lowest BCUT2D eigenvalue weighted by molar-refractivity contribution is 0.00268. The van der Waals surface area contributed by atoms with Gasteiger partial charge in [-0.05, 0) is 24.5 Å². The first kappa shape index (κ1) is 17.8. The maximum Gasteiger partial charge on any atom is 0.328 e. The van der Waals surface area contributed by atoms with Crippen LogP contribution in [0.2, 0.25) is 0 Å². The van der Waals surface area contributed by atoms with E-state index in [0.717, 1.165) is 24.9 Å². The van der Waals surface area contributed by atoms with Crippen LogP contribution < -0.4 is 5.73 Å². The van der Waals surface area contributed by atoms with E-state index < -0.39 is 0 Å². The Kier molecular flexibility index (Phi) is 4.97. The molecule has 0 bridgehead atoms. The molecule has 3 aliphatic rings. The molecule has 27 heavy (non-hydrogen) atoms. The molecule has 0 aromatic heterocycles. The Hall–Kier alpha value is -2.63. The third-order valence-corrected chi connectivity index (χ3v) is 5.29. The molecular formula is C19H24N6O2. The Bertz CT molecular complexity index is 789. The van der Waals surface area contributed by atoms with Crippen molar-refractivity contribution in [2.75, 3.05) is 32.8 Å². The van der Waals surface area contributed by atoms with E-state index in [4.69, 9.17) is 15.5 Å². The number of urea groups is 1. The minimum absolute atomic E-state index is 0.0745. The van der Waals surface area contributed by atoms with E-state index in [1.807, 2.05) is 18.2 Å². The zero-order chi connectivity index (χ0) is 18.8. The molecule has 4 rings (SSSR count). The van der Waals surface area contributed by atoms with Gasteiger partial charge in [-0.3, -0.25) is 9.80 Å². The normalized spacial score (nSPS) is 25.7. The molecule has 1 aromatic carbocycles. The monoisotopic (exact) mass is 368 g/mol. The van der Waals surface area contributed by atoms with Crippen LogP contribution in [0.4, 0.5) is 4.79 Å². The summed E-state index contributed by atoms with van der Waals surface area (Å²) in [5.74, 6) is 0.648. The zero-order valence-electron chi connectivity index (χ0n) is 15.3. The third-order valence-electron chi connectivity index (χ3n) is 5.29. The van der Waals surface area contributed by atoms with Crippen molar-refractivity contribution in [3.8, 4) is 6.07 Å². The Morgan fingerprint density at radius 2 is 2.19 bits per heavy atom. The molecule has 2 atom stereocenters. The van der Waals surface area contributed by atoms with Gasteiger partial charge in [-0.25, -0.2) is 9.79 Å². The number of likely N-dealkylation sites (tertiary alicyclic amines) is 1. The molecule has 2 unspecified atom stereocenters. The molecule has 0 spiro atoms. The maximum absolute atomic E-state index is 13.3. The molecule has 142 valence electrons. The highest BCUT2D eigenvalue weighted by molar-refractivity contribution is 5.98. The summed E-state index contributed by atoms with van der Waals surface area (Å²) in [5.41, 5.74) is 7.55. The second kappa shape index (κ2) is 7.55. The molecule has 0 saturated carbocycles. The number of nitrogens with two attached hydrogens (primary N) is 1. The molecular weight excluding hydrogens is 344 g/mol. The van der Waals surface area contributed by atoms with Crippen LogP contribution in [0.5, 0.6) is 0 Å². The Labute approximate surface area is 158 Å². The minimum Gasteiger partial charge on any atom is -0.375 e. The molecule has 0 radical (unpaired) electrons. The lowest BCUT2D eigenvalue weighted by Gasteiger charge is -2.45. The van der Waals surface area contributed by atoms with Gasteiger partial charge < -0.3 is 15.4 Å². The second-order valence-corrected chi connectivity index (χ2v) is 7.16. The number of benzene rings is 1. The quantitative estimate of drug-likeness (QED) is 0.837. The highest BCUT2D eigenvalue weighted by atomic mass is 16.5. The van der Waals surface area contributed by atoms with Gasteiger partial charge in [0.25, 0.3) is 0 Å². The molecule has 2 N–H and O–H groups in total. The maximum atomic E-state index is 13.3. The van der Waals surface area contributed by atoms with Crippen molar-refractivity contribution in [2.24, 2.45) is 10.7 Å². The number of ether oxygens (including phenoxy) is 1. The molecule has 2 saturated heterocycles. The molecule has 8 nitrogen and oxygen atoms in total. The van der Waals surface area contributed by atoms with Gasteiger partial charge in [0.15, 0.2) is 6.17 Å². The predicted molar refractivity (Wildman–Crippen MR) is 99.6 cm³/mol. The predicted octanol–water partition coefficient (Wildman–Crippen LogP) is 0.931. The van der Waals surface area contributed by atoms with Crippen LogP contribution in [-0.2, 0) is 11.3 Å². The largest absolute Gasteiger partial charge is 0.375 e. The fraction of sp³-hybridized carbons (Fsp3) is 0.526. The topological polar surface area (TPSA) is 98.2 Å². The fourth-order valence-corrected chi connectivity index (χ4v) is 3.88. The average molecular weight is 368 g/mol. The van der Waals surface area contributed by atoms with Gasteiger partial charge in [-0.1, -0.05) is 18.2 Å². The summed E-state index contributed by atoms with van der Waals surface area (Å²) in [6.07, 6.45) is 1.66. The smallest absolute Gasteiger partial charge is 0.328 e. The van der Waals surface area contributed by atoms with Crippen molar-refractivity contribution in [1.29, 1.82) is 5.26 Å². The highest BCUT2D eigenvalue weighted by Crippen LogP contribution is 2.24. The van der Waals surface area contributed by atoms with Gasteiger partial charge >= 0.3 is 6.03 Å². The fourth-order valence-electron chi connectivity index (χ4n) is 3.88. The second-order valence-electron chi connectivity index (χ2n) is 7.16. The SMILES string of the molecule is N#Cc1ccccc1CN1C(=O)N2CCOCC2N=C1N1CCCC(N)C1. The van der Waals surface area contributed by atoms with Crippen LogP contribution in [0.3, 0.4) is 0 Å². The number of nitriles is 1. The van der Waals surface area contributed by atoms with Gasteiger partial charge in [-0.2, -0.15) is 5.26 Å². The average Bonchev–Trinajstić information content (AvgIpc) is 2.70. The van der Waals surface area contributed by atoms with Crippen LogP contribution >= 0.6 is 0 Å². The first-order chi connectivity index (χ1) is 13.2. The standard InChI is InChI=1S/C19H24N6O2/c20-10-14-4-1-2-5-15(14)11-25-18(23-7-3-6-16(21)12-23)22-17-13-27-9-8-24(17)19(25)26/h1-2,4-5,16-17H,3,6-9,11-13,21H2. The molecule has 3 aliphatic heterocycles. The number of hydrogen-bond acceptors (Lipinski definition) is 6. The van der Waals surface area contributed by atoms with Gasteiger partial charge in [0, 0.05) is 25.7 Å². The summed E-state index contributed by atoms with van der Waals surface area (Å²) in [4.78, 5) is 23.7. The van der Waals surface area contributed by atoms with Crippen molar-refractivity contribution in [3.63, 3.8) is 0 Å². The first-order valence-electron chi connectivity index (χ1n) is 9.39. The van der Waals surface area contributed by atoms with Gasteiger partial charge in [0.05, 0.1) is 31.4 Å². The van der Waals surface area contributed by atoms with E-state index in [9.17, 15) is 10.1 Å². The van der Waals surface area contributed by atoms with E-state index in [2.05, 4.69) is 11.0 Å². The van der Waals surface area contributed by atoms with E-state index in [1.54, 1.807) is 15.9 Å². The van der Waals surface area contributed by atoms with Crippen molar-refractivity contribution >= 4 is 12.0 Å². The summed E-state index contributed by atoms with van der Waals surface area (Å²) < 4.78 is 5.53. The van der Waals surface area contributed by atoms with Gasteiger partial charge in [-0.15, -0.1) is 0 Å². The molecule has 2 fully saturated rings. The molecule has 8 heteroatoms. The number of nitrogens with zero attached hydrogens (tertiary/aromatic N) is 5. The van der Waals surface area contributed by atoms with Crippen LogP contribution in [0.25, 0.3) is 0 Å². The Morgan fingerprint density at radius 3 is 3.00 bits per heavy atom. The molecule has 2 amide bonds. The van der Waals surface area contributed by atoms with Crippen molar-refractivity contribution in [2.45, 2.75) is 31.6 Å². The summed E-state index contributed by atoms with van der Waals surface area (Å²) in [6, 6.07) is 9.58. The highest BCUT2D eigenvalue weighted by Gasteiger charge is 2.40. The molecule has 3 heterocycles. The summed E-state index contributed by atoms with van der Waals surface area (Å²) in [7, 11) is 0. The number of carbonyl (C=O) groups is 1. The Morgan fingerprint density at radius 1 is 1.33 bits per heavy atom. The number of morpholine rings is 1. The van der Waals surface area contributed by atoms with Crippen molar-refractivity contribution in [1.82, 2.24) is 14.7 Å². The van der Waals surface area contributed by atoms with E-state index in [1.165, 1.54) is 0 Å². The van der Waals surface area contributed by atoms with Crippen molar-refractivity contribution in [3.05, 3.63) is 35.4 Å². The molecule has 1 aromatic rings. The number of aliphatic imine (C=N–C) groups is 1. The first-order valence-corrected chi connectivity index (χ1v) is 9.39. The van der Waals surface area contributed by atoms with E-state index >= 15 is 0 Å². The number of amides is 2. The lowest BCUT2D eigenvalue weighted by Crippen LogP contribution is -2.63.